The molecule has 120 valence electrons. The Morgan fingerprint density at radius 3 is 2.15 bits per heavy atom. The maximum atomic E-state index is 11.7. The number of hydrogen-bond acceptors (Lipinski definition) is 3. The lowest BCUT2D eigenvalue weighted by Gasteiger charge is -2.24. The molecule has 0 aromatic rings. The molecule has 20 heavy (non-hydrogen) atoms. The molecule has 1 unspecified atom stereocenters. The smallest absolute Gasteiger partial charge is 0.407 e. The quantitative estimate of drug-likeness (QED) is 0.717. The van der Waals surface area contributed by atoms with Crippen molar-refractivity contribution in [1.82, 2.24) is 10.6 Å². The van der Waals surface area contributed by atoms with Crippen molar-refractivity contribution < 1.29 is 9.53 Å². The third-order valence-corrected chi connectivity index (χ3v) is 2.80. The molecule has 0 bridgehead atoms. The zero-order chi connectivity index (χ0) is 15.8. The molecule has 0 saturated heterocycles. The van der Waals surface area contributed by atoms with Gasteiger partial charge in [-0.25, -0.2) is 4.79 Å². The van der Waals surface area contributed by atoms with Gasteiger partial charge < -0.3 is 15.4 Å². The van der Waals surface area contributed by atoms with Crippen LogP contribution in [0.2, 0.25) is 0 Å². The van der Waals surface area contributed by atoms with E-state index in [0.717, 1.165) is 19.4 Å². The second-order valence-electron chi connectivity index (χ2n) is 7.35. The molecule has 0 aromatic carbocycles. The fourth-order valence-corrected chi connectivity index (χ4v) is 1.90. The molecule has 4 heteroatoms. The maximum Gasteiger partial charge on any atom is 0.407 e. The molecule has 0 radical (unpaired) electrons. The van der Waals surface area contributed by atoms with E-state index in [9.17, 15) is 4.79 Å². The van der Waals surface area contributed by atoms with Crippen molar-refractivity contribution in [3.63, 3.8) is 0 Å². The van der Waals surface area contributed by atoms with Crippen LogP contribution in [0.1, 0.15) is 61.3 Å². The zero-order valence-corrected chi connectivity index (χ0v) is 14.4. The Morgan fingerprint density at radius 1 is 1.10 bits per heavy atom. The number of ether oxygens (including phenoxy) is 1. The average molecular weight is 286 g/mol. The Bertz CT molecular complexity index is 270. The highest BCUT2D eigenvalue weighted by Crippen LogP contribution is 2.08. The van der Waals surface area contributed by atoms with Crippen LogP contribution in [0.5, 0.6) is 0 Å². The maximum absolute atomic E-state index is 11.7. The summed E-state index contributed by atoms with van der Waals surface area (Å²) < 4.78 is 5.26. The van der Waals surface area contributed by atoms with Crippen LogP contribution >= 0.6 is 0 Å². The van der Waals surface area contributed by atoms with Gasteiger partial charge in [0.25, 0.3) is 0 Å². The van der Waals surface area contributed by atoms with Gasteiger partial charge in [-0.1, -0.05) is 27.7 Å². The third kappa shape index (κ3) is 12.3. The van der Waals surface area contributed by atoms with Crippen LogP contribution in [0, 0.1) is 11.8 Å². The van der Waals surface area contributed by atoms with Crippen LogP contribution in [-0.2, 0) is 4.74 Å². The first-order chi connectivity index (χ1) is 9.10. The van der Waals surface area contributed by atoms with E-state index < -0.39 is 5.60 Å². The summed E-state index contributed by atoms with van der Waals surface area (Å²) in [7, 11) is 0. The van der Waals surface area contributed by atoms with Crippen molar-refractivity contribution in [1.29, 1.82) is 0 Å². The molecule has 0 aliphatic rings. The highest BCUT2D eigenvalue weighted by Gasteiger charge is 2.17. The molecule has 0 spiro atoms. The average Bonchev–Trinajstić information content (AvgIpc) is 2.22. The molecule has 0 aliphatic carbocycles. The number of hydrogen-bond donors (Lipinski definition) is 2. The van der Waals surface area contributed by atoms with E-state index in [1.807, 2.05) is 20.8 Å². The van der Waals surface area contributed by atoms with Crippen molar-refractivity contribution >= 4 is 6.09 Å². The van der Waals surface area contributed by atoms with E-state index >= 15 is 0 Å². The highest BCUT2D eigenvalue weighted by atomic mass is 16.6. The van der Waals surface area contributed by atoms with E-state index in [2.05, 4.69) is 38.3 Å². The van der Waals surface area contributed by atoms with E-state index in [4.69, 9.17) is 4.74 Å². The second-order valence-corrected chi connectivity index (χ2v) is 7.35. The molecular formula is C16H34N2O2. The van der Waals surface area contributed by atoms with Gasteiger partial charge in [0.15, 0.2) is 0 Å². The number of nitrogens with one attached hydrogen (secondary N) is 2. The Morgan fingerprint density at radius 2 is 1.70 bits per heavy atom. The zero-order valence-electron chi connectivity index (χ0n) is 14.4. The van der Waals surface area contributed by atoms with Gasteiger partial charge in [-0.2, -0.15) is 0 Å². The van der Waals surface area contributed by atoms with Gasteiger partial charge in [0.1, 0.15) is 5.60 Å². The lowest BCUT2D eigenvalue weighted by atomic mass is 10.0. The van der Waals surface area contributed by atoms with E-state index in [1.54, 1.807) is 0 Å². The van der Waals surface area contributed by atoms with Gasteiger partial charge in [-0.15, -0.1) is 0 Å². The summed E-state index contributed by atoms with van der Waals surface area (Å²) in [5.74, 6) is 1.30. The van der Waals surface area contributed by atoms with Crippen molar-refractivity contribution in [3.05, 3.63) is 0 Å². The summed E-state index contributed by atoms with van der Waals surface area (Å²) in [6.07, 6.45) is 1.87. The second kappa shape index (κ2) is 9.22. The van der Waals surface area contributed by atoms with E-state index in [1.165, 1.54) is 0 Å². The topological polar surface area (TPSA) is 50.4 Å². The molecule has 2 N–H and O–H groups in total. The molecule has 0 fully saturated rings. The van der Waals surface area contributed by atoms with Crippen LogP contribution in [0.15, 0.2) is 0 Å². The largest absolute Gasteiger partial charge is 0.444 e. The predicted molar refractivity (Wildman–Crippen MR) is 84.9 cm³/mol. The summed E-state index contributed by atoms with van der Waals surface area (Å²) in [5.41, 5.74) is -0.442. The molecule has 0 aliphatic heterocycles. The van der Waals surface area contributed by atoms with Crippen LogP contribution in [0.25, 0.3) is 0 Å². The van der Waals surface area contributed by atoms with Gasteiger partial charge in [0, 0.05) is 12.6 Å². The van der Waals surface area contributed by atoms with Gasteiger partial charge >= 0.3 is 6.09 Å². The van der Waals surface area contributed by atoms with Crippen LogP contribution in [0.4, 0.5) is 4.79 Å². The Labute approximate surface area is 125 Å². The van der Waals surface area contributed by atoms with Crippen molar-refractivity contribution in [2.24, 2.45) is 11.8 Å². The lowest BCUT2D eigenvalue weighted by Crippen LogP contribution is -2.43. The molecule has 4 nitrogen and oxygen atoms in total. The minimum Gasteiger partial charge on any atom is -0.444 e. The first-order valence-electron chi connectivity index (χ1n) is 7.80. The van der Waals surface area contributed by atoms with Gasteiger partial charge in [0.05, 0.1) is 0 Å². The molecule has 0 heterocycles. The number of carbonyl (C=O) groups is 1. The summed E-state index contributed by atoms with van der Waals surface area (Å²) in [6.45, 7) is 16.1. The van der Waals surface area contributed by atoms with Crippen molar-refractivity contribution in [2.45, 2.75) is 73.0 Å². The third-order valence-electron chi connectivity index (χ3n) is 2.80. The van der Waals surface area contributed by atoms with E-state index in [-0.39, 0.29) is 6.09 Å². The first kappa shape index (κ1) is 19.2. The van der Waals surface area contributed by atoms with E-state index in [0.29, 0.717) is 24.4 Å². The van der Waals surface area contributed by atoms with Crippen molar-refractivity contribution in [3.8, 4) is 0 Å². The Kier molecular flexibility index (Phi) is 8.86. The number of alkyl carbamates (subject to hydrolysis) is 1. The van der Waals surface area contributed by atoms with Crippen LogP contribution < -0.4 is 10.6 Å². The number of carbonyl (C=O) groups excluding carboxylic acids is 1. The Hall–Kier alpha value is -0.770. The monoisotopic (exact) mass is 286 g/mol. The van der Waals surface area contributed by atoms with Crippen LogP contribution in [0.3, 0.4) is 0 Å². The molecular weight excluding hydrogens is 252 g/mol. The summed E-state index contributed by atoms with van der Waals surface area (Å²) in [5, 5.41) is 6.39. The molecule has 0 saturated carbocycles. The predicted octanol–water partition coefficient (Wildman–Crippen LogP) is 3.56. The van der Waals surface area contributed by atoms with Crippen molar-refractivity contribution in [2.75, 3.05) is 13.1 Å². The SMILES string of the molecule is CC(C)CCNC(CNC(=O)OC(C)(C)C)CC(C)C. The fourth-order valence-electron chi connectivity index (χ4n) is 1.90. The first-order valence-corrected chi connectivity index (χ1v) is 7.80. The lowest BCUT2D eigenvalue weighted by molar-refractivity contribution is 0.0521. The fraction of sp³-hybridized carbons (Fsp3) is 0.938. The van der Waals surface area contributed by atoms with Crippen LogP contribution in [-0.4, -0.2) is 30.8 Å². The normalized spacial score (nSPS) is 13.7. The van der Waals surface area contributed by atoms with Gasteiger partial charge in [-0.05, 0) is 52.0 Å². The minimum atomic E-state index is -0.442. The number of amides is 1. The summed E-state index contributed by atoms with van der Waals surface area (Å²) in [6, 6.07) is 0.307. The standard InChI is InChI=1S/C16H34N2O2/c1-12(2)8-9-17-14(10-13(3)4)11-18-15(19)20-16(5,6)7/h12-14,17H,8-11H2,1-7H3,(H,18,19). The molecule has 0 aromatic heterocycles. The highest BCUT2D eigenvalue weighted by molar-refractivity contribution is 5.67. The minimum absolute atomic E-state index is 0.307. The number of rotatable bonds is 8. The van der Waals surface area contributed by atoms with Gasteiger partial charge in [-0.3, -0.25) is 0 Å². The molecule has 1 amide bonds. The summed E-state index contributed by atoms with van der Waals surface area (Å²) >= 11 is 0. The Balaban J connectivity index is 4.12. The molecule has 1 atom stereocenters. The van der Waals surface area contributed by atoms with Gasteiger partial charge in [0.2, 0.25) is 0 Å². The molecule has 0 rings (SSSR count). The summed E-state index contributed by atoms with van der Waals surface area (Å²) in [4.78, 5) is 11.7.